The number of hydrogen-bond donors (Lipinski definition) is 3. The zero-order valence-electron chi connectivity index (χ0n) is 15.3. The zero-order chi connectivity index (χ0) is 18.6. The summed E-state index contributed by atoms with van der Waals surface area (Å²) in [6.07, 6.45) is 2.59. The molecule has 1 aliphatic heterocycles. The van der Waals surface area contributed by atoms with Gasteiger partial charge in [-0.05, 0) is 11.6 Å². The molecular formula is C22H24N3O2+. The van der Waals surface area contributed by atoms with Gasteiger partial charge < -0.3 is 15.2 Å². The summed E-state index contributed by atoms with van der Waals surface area (Å²) in [7, 11) is 0. The summed E-state index contributed by atoms with van der Waals surface area (Å²) >= 11 is 0. The fraction of sp³-hybridized carbons (Fsp3) is 0.273. The van der Waals surface area contributed by atoms with Crippen molar-refractivity contribution >= 4 is 16.8 Å². The van der Waals surface area contributed by atoms with Crippen molar-refractivity contribution in [2.24, 2.45) is 0 Å². The smallest absolute Gasteiger partial charge is 0.252 e. The minimum absolute atomic E-state index is 0.222. The molecule has 1 aromatic heterocycles. The van der Waals surface area contributed by atoms with E-state index in [1.807, 2.05) is 30.3 Å². The number of carbonyl (C=O) groups excluding carboxylic acids is 1. The van der Waals surface area contributed by atoms with E-state index in [1.165, 1.54) is 37.6 Å². The van der Waals surface area contributed by atoms with E-state index < -0.39 is 0 Å². The van der Waals surface area contributed by atoms with Crippen LogP contribution in [0.15, 0.2) is 59.4 Å². The minimum Gasteiger partial charge on any atom is -0.348 e. The number of quaternary nitrogens is 1. The number of likely N-dealkylation sites (tertiary alicyclic amines) is 1. The molecule has 0 aliphatic carbocycles. The number of rotatable bonds is 5. The van der Waals surface area contributed by atoms with E-state index >= 15 is 0 Å². The molecule has 0 saturated carbocycles. The van der Waals surface area contributed by atoms with E-state index in [0.717, 1.165) is 17.5 Å². The van der Waals surface area contributed by atoms with Crippen molar-refractivity contribution in [2.75, 3.05) is 13.1 Å². The van der Waals surface area contributed by atoms with Gasteiger partial charge in [0.2, 0.25) is 5.56 Å². The first-order chi connectivity index (χ1) is 13.2. The number of H-pyrrole nitrogens is 1. The number of aromatic nitrogens is 1. The number of aromatic amines is 1. The van der Waals surface area contributed by atoms with Gasteiger partial charge >= 0.3 is 0 Å². The molecule has 1 saturated heterocycles. The summed E-state index contributed by atoms with van der Waals surface area (Å²) in [5.41, 5.74) is 3.24. The fourth-order valence-corrected chi connectivity index (χ4v) is 3.89. The highest BCUT2D eigenvalue weighted by atomic mass is 16.2. The largest absolute Gasteiger partial charge is 0.348 e. The number of para-hydroxylation sites is 1. The quantitative estimate of drug-likeness (QED) is 0.646. The Morgan fingerprint density at radius 1 is 1.00 bits per heavy atom. The second kappa shape index (κ2) is 7.76. The van der Waals surface area contributed by atoms with Gasteiger partial charge in [0, 0.05) is 41.9 Å². The van der Waals surface area contributed by atoms with E-state index in [4.69, 9.17) is 0 Å². The molecule has 0 atom stereocenters. The Kier molecular flexibility index (Phi) is 5.03. The first-order valence-corrected chi connectivity index (χ1v) is 9.51. The summed E-state index contributed by atoms with van der Waals surface area (Å²) in [5.74, 6) is -0.222. The topological polar surface area (TPSA) is 66.4 Å². The number of fused-ring (bicyclic) bond motifs is 1. The predicted molar refractivity (Wildman–Crippen MR) is 106 cm³/mol. The molecule has 2 aromatic carbocycles. The minimum atomic E-state index is -0.267. The first kappa shape index (κ1) is 17.5. The van der Waals surface area contributed by atoms with Crippen molar-refractivity contribution in [1.29, 1.82) is 0 Å². The van der Waals surface area contributed by atoms with Gasteiger partial charge in [-0.2, -0.15) is 0 Å². The summed E-state index contributed by atoms with van der Waals surface area (Å²) in [4.78, 5) is 29.0. The third kappa shape index (κ3) is 3.93. The normalized spacial score (nSPS) is 14.5. The van der Waals surface area contributed by atoms with Crippen molar-refractivity contribution < 1.29 is 9.69 Å². The summed E-state index contributed by atoms with van der Waals surface area (Å²) in [5, 5.41) is 3.75. The van der Waals surface area contributed by atoms with Gasteiger partial charge in [-0.25, -0.2) is 0 Å². The maximum atomic E-state index is 12.8. The zero-order valence-corrected chi connectivity index (χ0v) is 15.3. The summed E-state index contributed by atoms with van der Waals surface area (Å²) in [6.45, 7) is 3.91. The molecular weight excluding hydrogens is 338 g/mol. The maximum absolute atomic E-state index is 12.8. The molecule has 5 heteroatoms. The molecule has 0 bridgehead atoms. The van der Waals surface area contributed by atoms with Crippen LogP contribution in [0.2, 0.25) is 0 Å². The van der Waals surface area contributed by atoms with Gasteiger partial charge in [-0.15, -0.1) is 0 Å². The monoisotopic (exact) mass is 362 g/mol. The van der Waals surface area contributed by atoms with Crippen LogP contribution in [0.5, 0.6) is 0 Å². The average Bonchev–Trinajstić information content (AvgIpc) is 3.19. The molecule has 3 N–H and O–H groups in total. The first-order valence-electron chi connectivity index (χ1n) is 9.51. The van der Waals surface area contributed by atoms with Crippen LogP contribution in [0, 0.1) is 0 Å². The summed E-state index contributed by atoms with van der Waals surface area (Å²) in [6, 6.07) is 17.0. The lowest BCUT2D eigenvalue weighted by Gasteiger charge is -2.16. The highest BCUT2D eigenvalue weighted by Crippen LogP contribution is 2.15. The lowest BCUT2D eigenvalue weighted by molar-refractivity contribution is -0.901. The van der Waals surface area contributed by atoms with Crippen LogP contribution in [0.3, 0.4) is 0 Å². The molecule has 138 valence electrons. The molecule has 1 amide bonds. The van der Waals surface area contributed by atoms with Gasteiger partial charge in [0.15, 0.2) is 0 Å². The van der Waals surface area contributed by atoms with E-state index in [9.17, 15) is 9.59 Å². The number of carbonyl (C=O) groups is 1. The van der Waals surface area contributed by atoms with E-state index in [0.29, 0.717) is 17.6 Å². The Morgan fingerprint density at radius 3 is 2.52 bits per heavy atom. The second-order valence-corrected chi connectivity index (χ2v) is 7.18. The molecule has 0 spiro atoms. The standard InChI is InChI=1S/C22H23N3O2/c26-21-13-19(18-9-3-4-10-20(18)24-21)22(27)23-14-16-7-1-2-8-17(16)15-25-11-5-6-12-25/h1-4,7-10,13H,5-6,11-12,14-15H2,(H,23,27)(H,24,26)/p+1. The van der Waals surface area contributed by atoms with Crippen molar-refractivity contribution in [3.63, 3.8) is 0 Å². The molecule has 1 aliphatic rings. The molecule has 5 nitrogen and oxygen atoms in total. The highest BCUT2D eigenvalue weighted by molar-refractivity contribution is 6.05. The van der Waals surface area contributed by atoms with E-state index in [2.05, 4.69) is 28.5 Å². The van der Waals surface area contributed by atoms with Crippen LogP contribution in [0.4, 0.5) is 0 Å². The third-order valence-corrected chi connectivity index (χ3v) is 5.30. The number of benzene rings is 2. The van der Waals surface area contributed by atoms with Gasteiger partial charge in [0.25, 0.3) is 5.91 Å². The third-order valence-electron chi connectivity index (χ3n) is 5.30. The van der Waals surface area contributed by atoms with Crippen LogP contribution in [-0.4, -0.2) is 24.0 Å². The second-order valence-electron chi connectivity index (χ2n) is 7.18. The lowest BCUT2D eigenvalue weighted by Crippen LogP contribution is -3.08. The highest BCUT2D eigenvalue weighted by Gasteiger charge is 2.17. The molecule has 2 heterocycles. The number of amides is 1. The van der Waals surface area contributed by atoms with Crippen LogP contribution in [-0.2, 0) is 13.1 Å². The molecule has 0 unspecified atom stereocenters. The molecule has 27 heavy (non-hydrogen) atoms. The molecule has 4 rings (SSSR count). The van der Waals surface area contributed by atoms with Crippen molar-refractivity contribution in [2.45, 2.75) is 25.9 Å². The Labute approximate surface area is 158 Å². The van der Waals surface area contributed by atoms with Gasteiger partial charge in [0.1, 0.15) is 6.54 Å². The maximum Gasteiger partial charge on any atom is 0.252 e. The average molecular weight is 362 g/mol. The lowest BCUT2D eigenvalue weighted by atomic mass is 10.1. The van der Waals surface area contributed by atoms with Crippen LogP contribution in [0.25, 0.3) is 10.9 Å². The molecule has 0 radical (unpaired) electrons. The summed E-state index contributed by atoms with van der Waals surface area (Å²) < 4.78 is 0. The number of nitrogens with one attached hydrogen (secondary N) is 3. The van der Waals surface area contributed by atoms with Gasteiger partial charge in [0.05, 0.1) is 18.7 Å². The Hall–Kier alpha value is -2.92. The Bertz CT molecular complexity index is 1020. The molecule has 1 fully saturated rings. The number of hydrogen-bond acceptors (Lipinski definition) is 2. The van der Waals surface area contributed by atoms with Gasteiger partial charge in [-0.3, -0.25) is 9.59 Å². The predicted octanol–water partition coefficient (Wildman–Crippen LogP) is 1.64. The Balaban J connectivity index is 1.53. The SMILES string of the molecule is O=C(NCc1ccccc1C[NH+]1CCCC1)c1cc(=O)[nH]c2ccccc12. The van der Waals surface area contributed by atoms with Gasteiger partial charge in [-0.1, -0.05) is 42.5 Å². The fourth-order valence-electron chi connectivity index (χ4n) is 3.89. The Morgan fingerprint density at radius 2 is 1.70 bits per heavy atom. The van der Waals surface area contributed by atoms with E-state index in [-0.39, 0.29) is 11.5 Å². The van der Waals surface area contributed by atoms with Crippen LogP contribution < -0.4 is 15.8 Å². The molecule has 3 aromatic rings. The van der Waals surface area contributed by atoms with Crippen molar-refractivity contribution in [3.8, 4) is 0 Å². The van der Waals surface area contributed by atoms with Crippen LogP contribution in [0.1, 0.15) is 34.3 Å². The van der Waals surface area contributed by atoms with Crippen LogP contribution >= 0.6 is 0 Å². The van der Waals surface area contributed by atoms with Crippen molar-refractivity contribution in [3.05, 3.63) is 81.6 Å². The van der Waals surface area contributed by atoms with Crippen molar-refractivity contribution in [1.82, 2.24) is 10.3 Å². The number of pyridine rings is 1. The van der Waals surface area contributed by atoms with E-state index in [1.54, 1.807) is 4.90 Å².